The molecule has 176 valence electrons. The summed E-state index contributed by atoms with van der Waals surface area (Å²) in [4.78, 5) is 2.26. The molecule has 2 atom stereocenters. The first-order chi connectivity index (χ1) is 15.4. The Morgan fingerprint density at radius 3 is 2.28 bits per heavy atom. The van der Waals surface area contributed by atoms with Crippen LogP contribution in [0.15, 0.2) is 42.5 Å². The van der Waals surface area contributed by atoms with Gasteiger partial charge in [0, 0.05) is 24.2 Å². The second kappa shape index (κ2) is 12.4. The number of aryl methyl sites for hydroxylation is 2. The van der Waals surface area contributed by atoms with Gasteiger partial charge in [0.05, 0.1) is 0 Å². The molecular formula is C25H35ClN2O4. The van der Waals surface area contributed by atoms with Crippen molar-refractivity contribution in [2.75, 3.05) is 39.4 Å². The van der Waals surface area contributed by atoms with E-state index in [1.54, 1.807) is 6.07 Å². The second-order valence-electron chi connectivity index (χ2n) is 8.64. The number of β-amino-alcohol motifs (C(OH)–C–C–N with tert-alkyl or cyclic N) is 1. The van der Waals surface area contributed by atoms with Crippen LogP contribution in [0.4, 0.5) is 0 Å². The number of benzene rings is 2. The van der Waals surface area contributed by atoms with E-state index >= 15 is 0 Å². The molecule has 0 saturated carbocycles. The maximum absolute atomic E-state index is 10.3. The molecule has 0 amide bonds. The minimum Gasteiger partial charge on any atom is -0.491 e. The van der Waals surface area contributed by atoms with Crippen LogP contribution in [-0.2, 0) is 0 Å². The average Bonchev–Trinajstić information content (AvgIpc) is 2.79. The number of hydrogen-bond donors (Lipinski definition) is 3. The standard InChI is InChI=1S/C25H35ClN2O4/c1-18-3-6-23(7-4-18)31-16-21(29)14-27-20-9-11-28(12-10-20)15-22(30)17-32-24-8-5-19(2)25(26)13-24/h3-8,13,20-22,27,29-30H,9-12,14-17H2,1-2H3/t21-,22+/m1/s1. The van der Waals surface area contributed by atoms with Crippen molar-refractivity contribution in [3.8, 4) is 11.5 Å². The monoisotopic (exact) mass is 462 g/mol. The Hall–Kier alpha value is -1.83. The van der Waals surface area contributed by atoms with Gasteiger partial charge in [-0.1, -0.05) is 35.4 Å². The first kappa shape index (κ1) is 24.8. The molecule has 0 spiro atoms. The maximum atomic E-state index is 10.3. The number of hydrogen-bond acceptors (Lipinski definition) is 6. The van der Waals surface area contributed by atoms with Crippen molar-refractivity contribution < 1.29 is 19.7 Å². The lowest BCUT2D eigenvalue weighted by Crippen LogP contribution is -2.47. The predicted octanol–water partition coefficient (Wildman–Crippen LogP) is 3.19. The largest absolute Gasteiger partial charge is 0.491 e. The SMILES string of the molecule is Cc1ccc(OC[C@H](O)CNC2CCN(C[C@H](O)COc3ccc(C)c(Cl)c3)CC2)cc1. The van der Waals surface area contributed by atoms with Crippen LogP contribution in [0.25, 0.3) is 0 Å². The van der Waals surface area contributed by atoms with Gasteiger partial charge in [-0.3, -0.25) is 0 Å². The number of nitrogens with one attached hydrogen (secondary N) is 1. The molecule has 0 bridgehead atoms. The van der Waals surface area contributed by atoms with E-state index in [0.717, 1.165) is 37.2 Å². The summed E-state index contributed by atoms with van der Waals surface area (Å²) in [5.41, 5.74) is 2.18. The van der Waals surface area contributed by atoms with Crippen molar-refractivity contribution in [2.45, 2.75) is 44.9 Å². The smallest absolute Gasteiger partial charge is 0.120 e. The summed E-state index contributed by atoms with van der Waals surface area (Å²) in [7, 11) is 0. The molecule has 3 rings (SSSR count). The van der Waals surface area contributed by atoms with Gasteiger partial charge in [-0.15, -0.1) is 0 Å². The van der Waals surface area contributed by atoms with Gasteiger partial charge in [0.25, 0.3) is 0 Å². The molecular weight excluding hydrogens is 428 g/mol. The van der Waals surface area contributed by atoms with Crippen molar-refractivity contribution in [1.82, 2.24) is 10.2 Å². The molecule has 0 aromatic heterocycles. The van der Waals surface area contributed by atoms with E-state index in [9.17, 15) is 10.2 Å². The van der Waals surface area contributed by atoms with E-state index in [0.29, 0.717) is 29.9 Å². The van der Waals surface area contributed by atoms with E-state index in [1.165, 1.54) is 5.56 Å². The lowest BCUT2D eigenvalue weighted by atomic mass is 10.0. The molecule has 2 aromatic rings. The van der Waals surface area contributed by atoms with Crippen LogP contribution in [0.2, 0.25) is 5.02 Å². The minimum absolute atomic E-state index is 0.241. The number of likely N-dealkylation sites (tertiary alicyclic amines) is 1. The van der Waals surface area contributed by atoms with Gasteiger partial charge in [0.1, 0.15) is 36.9 Å². The van der Waals surface area contributed by atoms with E-state index in [1.807, 2.05) is 50.2 Å². The van der Waals surface area contributed by atoms with Gasteiger partial charge in [-0.2, -0.15) is 0 Å². The minimum atomic E-state index is -0.555. The van der Waals surface area contributed by atoms with E-state index in [2.05, 4.69) is 10.2 Å². The first-order valence-corrected chi connectivity index (χ1v) is 11.7. The first-order valence-electron chi connectivity index (χ1n) is 11.3. The molecule has 7 heteroatoms. The number of rotatable bonds is 11. The van der Waals surface area contributed by atoms with Gasteiger partial charge in [0.15, 0.2) is 0 Å². The Morgan fingerprint density at radius 2 is 1.59 bits per heavy atom. The second-order valence-corrected chi connectivity index (χ2v) is 9.04. The third kappa shape index (κ3) is 8.26. The summed E-state index contributed by atoms with van der Waals surface area (Å²) < 4.78 is 11.3. The van der Waals surface area contributed by atoms with Crippen molar-refractivity contribution in [1.29, 1.82) is 0 Å². The third-order valence-electron chi connectivity index (χ3n) is 5.75. The van der Waals surface area contributed by atoms with Crippen LogP contribution in [0, 0.1) is 13.8 Å². The number of aliphatic hydroxyl groups is 2. The van der Waals surface area contributed by atoms with Crippen molar-refractivity contribution in [3.63, 3.8) is 0 Å². The zero-order chi connectivity index (χ0) is 22.9. The van der Waals surface area contributed by atoms with Gasteiger partial charge < -0.3 is 29.9 Å². The molecule has 2 aromatic carbocycles. The summed E-state index contributed by atoms with van der Waals surface area (Å²) in [6.45, 7) is 7.38. The molecule has 3 N–H and O–H groups in total. The zero-order valence-electron chi connectivity index (χ0n) is 19.0. The fourth-order valence-electron chi connectivity index (χ4n) is 3.71. The molecule has 6 nitrogen and oxygen atoms in total. The Balaban J connectivity index is 1.28. The van der Waals surface area contributed by atoms with Crippen LogP contribution < -0.4 is 14.8 Å². The highest BCUT2D eigenvalue weighted by Gasteiger charge is 2.21. The Labute approximate surface area is 196 Å². The van der Waals surface area contributed by atoms with Crippen molar-refractivity contribution >= 4 is 11.6 Å². The van der Waals surface area contributed by atoms with Crippen LogP contribution in [0.1, 0.15) is 24.0 Å². The van der Waals surface area contributed by atoms with Gasteiger partial charge >= 0.3 is 0 Å². The van der Waals surface area contributed by atoms with Crippen LogP contribution in [0.5, 0.6) is 11.5 Å². The molecule has 32 heavy (non-hydrogen) atoms. The van der Waals surface area contributed by atoms with Crippen molar-refractivity contribution in [2.24, 2.45) is 0 Å². The lowest BCUT2D eigenvalue weighted by Gasteiger charge is -2.33. The predicted molar refractivity (Wildman–Crippen MR) is 128 cm³/mol. The molecule has 1 aliphatic heterocycles. The maximum Gasteiger partial charge on any atom is 0.120 e. The average molecular weight is 463 g/mol. The molecule has 1 fully saturated rings. The highest BCUT2D eigenvalue weighted by atomic mass is 35.5. The molecule has 1 heterocycles. The lowest BCUT2D eigenvalue weighted by molar-refractivity contribution is 0.0556. The molecule has 0 unspecified atom stereocenters. The van der Waals surface area contributed by atoms with E-state index in [4.69, 9.17) is 21.1 Å². The highest BCUT2D eigenvalue weighted by Crippen LogP contribution is 2.22. The zero-order valence-corrected chi connectivity index (χ0v) is 19.7. The molecule has 0 aliphatic carbocycles. The Morgan fingerprint density at radius 1 is 0.969 bits per heavy atom. The number of ether oxygens (including phenoxy) is 2. The Bertz CT molecular complexity index is 825. The Kier molecular flexibility index (Phi) is 9.63. The van der Waals surface area contributed by atoms with Gasteiger partial charge in [0.2, 0.25) is 0 Å². The highest BCUT2D eigenvalue weighted by molar-refractivity contribution is 6.31. The van der Waals surface area contributed by atoms with Crippen LogP contribution in [-0.4, -0.2) is 72.8 Å². The third-order valence-corrected chi connectivity index (χ3v) is 6.15. The van der Waals surface area contributed by atoms with Gasteiger partial charge in [-0.05, 0) is 69.6 Å². The van der Waals surface area contributed by atoms with Crippen molar-refractivity contribution in [3.05, 3.63) is 58.6 Å². The van der Waals surface area contributed by atoms with Crippen LogP contribution >= 0.6 is 11.6 Å². The summed E-state index contributed by atoms with van der Waals surface area (Å²) in [6, 6.07) is 13.7. The van der Waals surface area contributed by atoms with Crippen LogP contribution in [0.3, 0.4) is 0 Å². The number of piperidine rings is 1. The fourth-order valence-corrected chi connectivity index (χ4v) is 3.89. The topological polar surface area (TPSA) is 74.2 Å². The van der Waals surface area contributed by atoms with Gasteiger partial charge in [-0.25, -0.2) is 0 Å². The molecule has 1 aliphatic rings. The summed E-state index contributed by atoms with van der Waals surface area (Å²) >= 11 is 6.12. The van der Waals surface area contributed by atoms with E-state index in [-0.39, 0.29) is 13.2 Å². The molecule has 0 radical (unpaired) electrons. The normalized spacial score (nSPS) is 17.2. The molecule has 1 saturated heterocycles. The summed E-state index contributed by atoms with van der Waals surface area (Å²) in [6.07, 6.45) is 0.850. The number of nitrogens with zero attached hydrogens (tertiary/aromatic N) is 1. The quantitative estimate of drug-likeness (QED) is 0.476. The summed E-state index contributed by atoms with van der Waals surface area (Å²) in [5.74, 6) is 1.45. The van der Waals surface area contributed by atoms with E-state index < -0.39 is 12.2 Å². The fraction of sp³-hybridized carbons (Fsp3) is 0.520. The number of halogens is 1. The summed E-state index contributed by atoms with van der Waals surface area (Å²) in [5, 5.41) is 24.6. The number of aliphatic hydroxyl groups excluding tert-OH is 2.